The number of methoxy groups -OCH3 is 1. The van der Waals surface area contributed by atoms with Crippen LogP contribution in [0.5, 0.6) is 11.5 Å². The zero-order valence-electron chi connectivity index (χ0n) is 12.6. The highest BCUT2D eigenvalue weighted by molar-refractivity contribution is 5.89. The largest absolute Gasteiger partial charge is 0.493 e. The van der Waals surface area contributed by atoms with Crippen molar-refractivity contribution in [3.05, 3.63) is 53.6 Å². The average molecular weight is 336 g/mol. The molecule has 2 aromatic carbocycles. The lowest BCUT2D eigenvalue weighted by Crippen LogP contribution is -2.03. The van der Waals surface area contributed by atoms with Gasteiger partial charge in [-0.25, -0.2) is 4.79 Å². The molecular formula is C16H14F2N2O4. The van der Waals surface area contributed by atoms with Crippen LogP contribution in [0, 0.1) is 0 Å². The maximum Gasteiger partial charge on any atom is 0.387 e. The molecule has 0 aliphatic heterocycles. The number of halogens is 2. The Labute approximate surface area is 136 Å². The van der Waals surface area contributed by atoms with E-state index >= 15 is 0 Å². The van der Waals surface area contributed by atoms with E-state index in [0.29, 0.717) is 11.3 Å². The second-order valence-electron chi connectivity index (χ2n) is 4.54. The first-order valence-corrected chi connectivity index (χ1v) is 6.75. The second kappa shape index (κ2) is 7.91. The van der Waals surface area contributed by atoms with Crippen molar-refractivity contribution in [3.8, 4) is 11.5 Å². The number of nitrogens with zero attached hydrogens (tertiary/aromatic N) is 1. The van der Waals surface area contributed by atoms with Crippen LogP contribution in [0.4, 0.5) is 14.5 Å². The molecule has 2 aromatic rings. The van der Waals surface area contributed by atoms with Crippen LogP contribution < -0.4 is 14.9 Å². The molecule has 0 bridgehead atoms. The third-order valence-electron chi connectivity index (χ3n) is 2.92. The number of nitrogens with one attached hydrogen (secondary N) is 1. The Morgan fingerprint density at radius 1 is 1.25 bits per heavy atom. The standard InChI is InChI=1S/C16H14F2N2O4/c1-23-14-7-10(5-6-13(14)24-16(17)18)9-19-20-12-4-2-3-11(8-12)15(21)22/h2-9,16,20H,1H3,(H,21,22)/b19-9-. The van der Waals surface area contributed by atoms with Crippen LogP contribution in [0.25, 0.3) is 0 Å². The van der Waals surface area contributed by atoms with Crippen LogP contribution in [0.3, 0.4) is 0 Å². The summed E-state index contributed by atoms with van der Waals surface area (Å²) < 4.78 is 33.8. The van der Waals surface area contributed by atoms with E-state index in [1.165, 1.54) is 43.7 Å². The third kappa shape index (κ3) is 4.67. The van der Waals surface area contributed by atoms with Crippen molar-refractivity contribution in [2.75, 3.05) is 12.5 Å². The van der Waals surface area contributed by atoms with Gasteiger partial charge in [0.25, 0.3) is 0 Å². The molecule has 0 atom stereocenters. The van der Waals surface area contributed by atoms with E-state index in [9.17, 15) is 13.6 Å². The highest BCUT2D eigenvalue weighted by Gasteiger charge is 2.10. The van der Waals surface area contributed by atoms with E-state index < -0.39 is 12.6 Å². The molecular weight excluding hydrogens is 322 g/mol. The Hall–Kier alpha value is -3.16. The quantitative estimate of drug-likeness (QED) is 0.598. The zero-order chi connectivity index (χ0) is 17.5. The molecule has 0 spiro atoms. The van der Waals surface area contributed by atoms with Gasteiger partial charge in [-0.05, 0) is 42.0 Å². The molecule has 2 rings (SSSR count). The first-order chi connectivity index (χ1) is 11.5. The number of carbonyl (C=O) groups is 1. The van der Waals surface area contributed by atoms with Crippen molar-refractivity contribution >= 4 is 17.9 Å². The van der Waals surface area contributed by atoms with Gasteiger partial charge in [0, 0.05) is 0 Å². The number of rotatable bonds is 7. The fourth-order valence-corrected chi connectivity index (χ4v) is 1.86. The summed E-state index contributed by atoms with van der Waals surface area (Å²) in [5.74, 6) is -0.971. The molecule has 0 heterocycles. The minimum absolute atomic E-state index is 0.0771. The number of hydrogen-bond donors (Lipinski definition) is 2. The van der Waals surface area contributed by atoms with Gasteiger partial charge in [0.15, 0.2) is 11.5 Å². The Bertz CT molecular complexity index is 751. The number of carboxylic acid groups (broad SMARTS) is 1. The smallest absolute Gasteiger partial charge is 0.387 e. The van der Waals surface area contributed by atoms with Crippen molar-refractivity contribution in [2.24, 2.45) is 5.10 Å². The second-order valence-corrected chi connectivity index (χ2v) is 4.54. The highest BCUT2D eigenvalue weighted by atomic mass is 19.3. The molecule has 0 aliphatic rings. The van der Waals surface area contributed by atoms with Gasteiger partial charge in [-0.15, -0.1) is 0 Å². The number of hydrazone groups is 1. The van der Waals surface area contributed by atoms with Crippen molar-refractivity contribution in [1.82, 2.24) is 0 Å². The van der Waals surface area contributed by atoms with Crippen LogP contribution in [0.2, 0.25) is 0 Å². The minimum atomic E-state index is -2.94. The summed E-state index contributed by atoms with van der Waals surface area (Å²) in [5, 5.41) is 12.9. The topological polar surface area (TPSA) is 80.2 Å². The Morgan fingerprint density at radius 3 is 2.71 bits per heavy atom. The van der Waals surface area contributed by atoms with Crippen LogP contribution in [0.15, 0.2) is 47.6 Å². The van der Waals surface area contributed by atoms with Crippen molar-refractivity contribution in [1.29, 1.82) is 0 Å². The lowest BCUT2D eigenvalue weighted by Gasteiger charge is -2.10. The number of anilines is 1. The summed E-state index contributed by atoms with van der Waals surface area (Å²) in [4.78, 5) is 10.9. The molecule has 0 aliphatic carbocycles. The summed E-state index contributed by atoms with van der Waals surface area (Å²) >= 11 is 0. The number of aromatic carboxylic acids is 1. The van der Waals surface area contributed by atoms with E-state index in [1.807, 2.05) is 0 Å². The molecule has 24 heavy (non-hydrogen) atoms. The highest BCUT2D eigenvalue weighted by Crippen LogP contribution is 2.28. The number of carboxylic acids is 1. The number of hydrogen-bond acceptors (Lipinski definition) is 5. The summed E-state index contributed by atoms with van der Waals surface area (Å²) in [6.07, 6.45) is 1.43. The number of ether oxygens (including phenoxy) is 2. The molecule has 0 unspecified atom stereocenters. The Balaban J connectivity index is 2.09. The first kappa shape index (κ1) is 17.2. The van der Waals surface area contributed by atoms with Crippen molar-refractivity contribution in [3.63, 3.8) is 0 Å². The van der Waals surface area contributed by atoms with E-state index in [0.717, 1.165) is 0 Å². The fraction of sp³-hybridized carbons (Fsp3) is 0.125. The summed E-state index contributed by atoms with van der Waals surface area (Å²) in [6, 6.07) is 10.5. The molecule has 0 radical (unpaired) electrons. The van der Waals surface area contributed by atoms with Crippen LogP contribution in [-0.2, 0) is 0 Å². The van der Waals surface area contributed by atoms with Crippen LogP contribution in [-0.4, -0.2) is 31.0 Å². The predicted octanol–water partition coefficient (Wildman–Crippen LogP) is 3.44. The number of alkyl halides is 2. The molecule has 6 nitrogen and oxygen atoms in total. The summed E-state index contributed by atoms with van der Waals surface area (Å²) in [6.45, 7) is -2.94. The van der Waals surface area contributed by atoms with Gasteiger partial charge in [-0.3, -0.25) is 5.43 Å². The van der Waals surface area contributed by atoms with E-state index in [4.69, 9.17) is 9.84 Å². The van der Waals surface area contributed by atoms with E-state index in [1.54, 1.807) is 12.1 Å². The maximum absolute atomic E-state index is 12.3. The summed E-state index contributed by atoms with van der Waals surface area (Å²) in [7, 11) is 1.34. The van der Waals surface area contributed by atoms with Gasteiger partial charge in [0.1, 0.15) is 0 Å². The van der Waals surface area contributed by atoms with Crippen LogP contribution in [0.1, 0.15) is 15.9 Å². The molecule has 2 N–H and O–H groups in total. The van der Waals surface area contributed by atoms with Gasteiger partial charge in [0.05, 0.1) is 24.6 Å². The average Bonchev–Trinajstić information content (AvgIpc) is 2.56. The van der Waals surface area contributed by atoms with Gasteiger partial charge in [-0.2, -0.15) is 13.9 Å². The molecule has 0 amide bonds. The molecule has 0 aromatic heterocycles. The lowest BCUT2D eigenvalue weighted by atomic mass is 10.2. The molecule has 126 valence electrons. The Kier molecular flexibility index (Phi) is 5.67. The molecule has 0 fully saturated rings. The Morgan fingerprint density at radius 2 is 2.04 bits per heavy atom. The van der Waals surface area contributed by atoms with Gasteiger partial charge in [-0.1, -0.05) is 6.07 Å². The third-order valence-corrected chi connectivity index (χ3v) is 2.92. The monoisotopic (exact) mass is 336 g/mol. The SMILES string of the molecule is COc1cc(/C=N\Nc2cccc(C(=O)O)c2)ccc1OC(F)F. The van der Waals surface area contributed by atoms with Crippen LogP contribution >= 0.6 is 0 Å². The molecule has 0 saturated carbocycles. The number of benzene rings is 2. The summed E-state index contributed by atoms with van der Waals surface area (Å²) in [5.41, 5.74) is 3.89. The van der Waals surface area contributed by atoms with Gasteiger partial charge in [0.2, 0.25) is 0 Å². The minimum Gasteiger partial charge on any atom is -0.493 e. The van der Waals surface area contributed by atoms with Crippen molar-refractivity contribution in [2.45, 2.75) is 6.61 Å². The van der Waals surface area contributed by atoms with Crippen molar-refractivity contribution < 1.29 is 28.2 Å². The molecule has 8 heteroatoms. The fourth-order valence-electron chi connectivity index (χ4n) is 1.86. The lowest BCUT2D eigenvalue weighted by molar-refractivity contribution is -0.0512. The molecule has 0 saturated heterocycles. The maximum atomic E-state index is 12.3. The first-order valence-electron chi connectivity index (χ1n) is 6.75. The van der Waals surface area contributed by atoms with Gasteiger partial charge < -0.3 is 14.6 Å². The zero-order valence-corrected chi connectivity index (χ0v) is 12.6. The normalized spacial score (nSPS) is 10.8. The van der Waals surface area contributed by atoms with Gasteiger partial charge >= 0.3 is 12.6 Å². The predicted molar refractivity (Wildman–Crippen MR) is 84.2 cm³/mol. The van der Waals surface area contributed by atoms with E-state index in [-0.39, 0.29) is 17.1 Å². The van der Waals surface area contributed by atoms with E-state index in [2.05, 4.69) is 15.3 Å².